The maximum Gasteiger partial charge on any atom is 0.166 e. The Kier molecular flexibility index (Phi) is 2.88. The van der Waals surface area contributed by atoms with Crippen molar-refractivity contribution in [3.63, 3.8) is 0 Å². The van der Waals surface area contributed by atoms with Crippen LogP contribution in [0.1, 0.15) is 31.3 Å². The molecular weight excluding hydrogens is 212 g/mol. The van der Waals surface area contributed by atoms with Crippen molar-refractivity contribution >= 4 is 5.69 Å². The van der Waals surface area contributed by atoms with E-state index in [0.717, 1.165) is 28.5 Å². The summed E-state index contributed by atoms with van der Waals surface area (Å²) in [5, 5.41) is 8.42. The van der Waals surface area contributed by atoms with Gasteiger partial charge in [-0.2, -0.15) is 0 Å². The zero-order valence-corrected chi connectivity index (χ0v) is 10.7. The number of hydrogen-bond donors (Lipinski definition) is 1. The van der Waals surface area contributed by atoms with E-state index in [1.807, 2.05) is 32.0 Å². The molecule has 4 nitrogen and oxygen atoms in total. The second-order valence-electron chi connectivity index (χ2n) is 4.57. The number of rotatable bonds is 2. The Morgan fingerprint density at radius 3 is 2.47 bits per heavy atom. The quantitative estimate of drug-likeness (QED) is 0.807. The summed E-state index contributed by atoms with van der Waals surface area (Å²) in [4.78, 5) is 0. The number of anilines is 1. The van der Waals surface area contributed by atoms with Gasteiger partial charge in [0.2, 0.25) is 0 Å². The molecule has 0 saturated carbocycles. The third-order valence-electron chi connectivity index (χ3n) is 2.91. The summed E-state index contributed by atoms with van der Waals surface area (Å²) >= 11 is 0. The average molecular weight is 230 g/mol. The van der Waals surface area contributed by atoms with E-state index in [2.05, 4.69) is 28.6 Å². The van der Waals surface area contributed by atoms with Crippen LogP contribution in [0.25, 0.3) is 11.4 Å². The Morgan fingerprint density at radius 2 is 1.88 bits per heavy atom. The minimum Gasteiger partial charge on any atom is -0.398 e. The molecule has 0 fully saturated rings. The van der Waals surface area contributed by atoms with Crippen LogP contribution < -0.4 is 5.73 Å². The van der Waals surface area contributed by atoms with Crippen molar-refractivity contribution in [2.75, 3.05) is 5.73 Å². The van der Waals surface area contributed by atoms with Crippen molar-refractivity contribution in [3.8, 4) is 11.4 Å². The molecule has 0 amide bonds. The van der Waals surface area contributed by atoms with Crippen LogP contribution in [0.4, 0.5) is 5.69 Å². The first-order valence-corrected chi connectivity index (χ1v) is 5.79. The van der Waals surface area contributed by atoms with E-state index < -0.39 is 0 Å². The Morgan fingerprint density at radius 1 is 1.18 bits per heavy atom. The maximum atomic E-state index is 6.05. The van der Waals surface area contributed by atoms with E-state index in [4.69, 9.17) is 5.73 Å². The summed E-state index contributed by atoms with van der Waals surface area (Å²) in [6.07, 6.45) is 0. The number of nitrogens with two attached hydrogens (primary N) is 1. The largest absolute Gasteiger partial charge is 0.398 e. The van der Waals surface area contributed by atoms with E-state index >= 15 is 0 Å². The van der Waals surface area contributed by atoms with Crippen LogP contribution in [0.15, 0.2) is 18.2 Å². The van der Waals surface area contributed by atoms with Crippen LogP contribution in [0, 0.1) is 13.8 Å². The fraction of sp³-hybridized carbons (Fsp3) is 0.385. The standard InChI is InChI=1S/C13H18N4/c1-8(2)17-10(4)15-16-13(17)12-9(3)6-5-7-11(12)14/h5-8H,14H2,1-4H3. The summed E-state index contributed by atoms with van der Waals surface area (Å²) in [6.45, 7) is 8.24. The Bertz CT molecular complexity index is 520. The normalized spacial score (nSPS) is 11.1. The summed E-state index contributed by atoms with van der Waals surface area (Å²) < 4.78 is 2.11. The van der Waals surface area contributed by atoms with Crippen LogP contribution in [0.3, 0.4) is 0 Å². The van der Waals surface area contributed by atoms with E-state index in [0.29, 0.717) is 6.04 Å². The van der Waals surface area contributed by atoms with E-state index in [9.17, 15) is 0 Å². The lowest BCUT2D eigenvalue weighted by Crippen LogP contribution is -2.07. The number of hydrogen-bond acceptors (Lipinski definition) is 3. The highest BCUT2D eigenvalue weighted by molar-refractivity contribution is 5.75. The second-order valence-corrected chi connectivity index (χ2v) is 4.57. The van der Waals surface area contributed by atoms with Crippen molar-refractivity contribution in [3.05, 3.63) is 29.6 Å². The minimum absolute atomic E-state index is 0.319. The SMILES string of the molecule is Cc1cccc(N)c1-c1nnc(C)n1C(C)C. The average Bonchev–Trinajstić information content (AvgIpc) is 2.60. The van der Waals surface area contributed by atoms with Gasteiger partial charge in [-0.15, -0.1) is 10.2 Å². The second kappa shape index (κ2) is 4.20. The summed E-state index contributed by atoms with van der Waals surface area (Å²) in [6, 6.07) is 6.22. The molecule has 0 aliphatic rings. The molecular formula is C13H18N4. The molecule has 0 spiro atoms. The van der Waals surface area contributed by atoms with Crippen LogP contribution in [-0.2, 0) is 0 Å². The fourth-order valence-corrected chi connectivity index (χ4v) is 2.15. The first kappa shape index (κ1) is 11.6. The predicted molar refractivity (Wildman–Crippen MR) is 69.7 cm³/mol. The highest BCUT2D eigenvalue weighted by atomic mass is 15.3. The van der Waals surface area contributed by atoms with Crippen LogP contribution in [0.5, 0.6) is 0 Å². The lowest BCUT2D eigenvalue weighted by atomic mass is 10.1. The molecule has 0 atom stereocenters. The van der Waals surface area contributed by atoms with Gasteiger partial charge in [-0.05, 0) is 39.3 Å². The molecule has 90 valence electrons. The molecule has 2 N–H and O–H groups in total. The number of aromatic nitrogens is 3. The van der Waals surface area contributed by atoms with Gasteiger partial charge in [-0.3, -0.25) is 0 Å². The van der Waals surface area contributed by atoms with E-state index in [1.165, 1.54) is 0 Å². The predicted octanol–water partition coefficient (Wildman–Crippen LogP) is 2.73. The third-order valence-corrected chi connectivity index (χ3v) is 2.91. The van der Waals surface area contributed by atoms with E-state index in [1.54, 1.807) is 0 Å². The number of benzene rings is 1. The van der Waals surface area contributed by atoms with Gasteiger partial charge >= 0.3 is 0 Å². The monoisotopic (exact) mass is 230 g/mol. The molecule has 2 rings (SSSR count). The lowest BCUT2D eigenvalue weighted by Gasteiger charge is -2.15. The highest BCUT2D eigenvalue weighted by Gasteiger charge is 2.17. The van der Waals surface area contributed by atoms with Crippen molar-refractivity contribution in [1.29, 1.82) is 0 Å². The Labute approximate surface area is 101 Å². The van der Waals surface area contributed by atoms with Gasteiger partial charge in [0.1, 0.15) is 5.82 Å². The molecule has 1 aromatic heterocycles. The van der Waals surface area contributed by atoms with Crippen molar-refractivity contribution < 1.29 is 0 Å². The topological polar surface area (TPSA) is 56.7 Å². The van der Waals surface area contributed by atoms with E-state index in [-0.39, 0.29) is 0 Å². The molecule has 0 aliphatic carbocycles. The molecule has 0 aliphatic heterocycles. The minimum atomic E-state index is 0.319. The van der Waals surface area contributed by atoms with Crippen LogP contribution in [0.2, 0.25) is 0 Å². The van der Waals surface area contributed by atoms with Gasteiger partial charge in [-0.1, -0.05) is 12.1 Å². The summed E-state index contributed by atoms with van der Waals surface area (Å²) in [7, 11) is 0. The smallest absolute Gasteiger partial charge is 0.166 e. The van der Waals surface area contributed by atoms with Gasteiger partial charge in [0.15, 0.2) is 5.82 Å². The maximum absolute atomic E-state index is 6.05. The third kappa shape index (κ3) is 1.90. The fourth-order valence-electron chi connectivity index (χ4n) is 2.15. The number of nitrogens with zero attached hydrogens (tertiary/aromatic N) is 3. The zero-order chi connectivity index (χ0) is 12.6. The Hall–Kier alpha value is -1.84. The van der Waals surface area contributed by atoms with Gasteiger partial charge in [-0.25, -0.2) is 0 Å². The van der Waals surface area contributed by atoms with Crippen LogP contribution in [-0.4, -0.2) is 14.8 Å². The molecule has 1 aromatic carbocycles. The molecule has 4 heteroatoms. The lowest BCUT2D eigenvalue weighted by molar-refractivity contribution is 0.587. The summed E-state index contributed by atoms with van der Waals surface area (Å²) in [5.74, 6) is 1.77. The zero-order valence-electron chi connectivity index (χ0n) is 10.7. The van der Waals surface area contributed by atoms with Gasteiger partial charge in [0, 0.05) is 17.3 Å². The molecule has 17 heavy (non-hydrogen) atoms. The molecule has 0 radical (unpaired) electrons. The van der Waals surface area contributed by atoms with Crippen LogP contribution >= 0.6 is 0 Å². The first-order chi connectivity index (χ1) is 8.02. The van der Waals surface area contributed by atoms with Gasteiger partial charge in [0.25, 0.3) is 0 Å². The Balaban J connectivity index is 2.69. The number of aryl methyl sites for hydroxylation is 2. The van der Waals surface area contributed by atoms with Gasteiger partial charge < -0.3 is 10.3 Å². The molecule has 0 saturated heterocycles. The highest BCUT2D eigenvalue weighted by Crippen LogP contribution is 2.30. The molecule has 2 aromatic rings. The number of nitrogen functional groups attached to an aromatic ring is 1. The molecule has 0 bridgehead atoms. The van der Waals surface area contributed by atoms with Crippen molar-refractivity contribution in [2.24, 2.45) is 0 Å². The molecule has 1 heterocycles. The van der Waals surface area contributed by atoms with Crippen molar-refractivity contribution in [2.45, 2.75) is 33.7 Å². The summed E-state index contributed by atoms with van der Waals surface area (Å²) in [5.41, 5.74) is 8.91. The van der Waals surface area contributed by atoms with Crippen molar-refractivity contribution in [1.82, 2.24) is 14.8 Å². The van der Waals surface area contributed by atoms with Gasteiger partial charge in [0.05, 0.1) is 0 Å². The molecule has 0 unspecified atom stereocenters. The first-order valence-electron chi connectivity index (χ1n) is 5.79.